The van der Waals surface area contributed by atoms with E-state index in [0.717, 1.165) is 49.5 Å². The van der Waals surface area contributed by atoms with E-state index in [1.807, 2.05) is 30.3 Å². The maximum atomic E-state index is 9.74. The zero-order chi connectivity index (χ0) is 16.1. The van der Waals surface area contributed by atoms with Crippen LogP contribution in [0.1, 0.15) is 24.1 Å². The maximum absolute atomic E-state index is 9.74. The van der Waals surface area contributed by atoms with E-state index in [2.05, 4.69) is 28.1 Å². The predicted molar refractivity (Wildman–Crippen MR) is 89.0 cm³/mol. The van der Waals surface area contributed by atoms with Gasteiger partial charge in [-0.2, -0.15) is 5.26 Å². The Balaban J connectivity index is 1.67. The van der Waals surface area contributed by atoms with Gasteiger partial charge in [-0.15, -0.1) is 0 Å². The van der Waals surface area contributed by atoms with Gasteiger partial charge in [0, 0.05) is 31.9 Å². The fourth-order valence-corrected chi connectivity index (χ4v) is 3.21. The summed E-state index contributed by atoms with van der Waals surface area (Å²) in [5.41, 5.74) is 1.80. The summed E-state index contributed by atoms with van der Waals surface area (Å²) in [6.07, 6.45) is 3.50. The van der Waals surface area contributed by atoms with Crippen molar-refractivity contribution in [3.8, 4) is 11.8 Å². The largest absolute Gasteiger partial charge is 0.497 e. The lowest BCUT2D eigenvalue weighted by Crippen LogP contribution is -2.41. The third kappa shape index (κ3) is 3.35. The van der Waals surface area contributed by atoms with E-state index in [9.17, 15) is 5.26 Å². The second-order valence-electron chi connectivity index (χ2n) is 6.02. The van der Waals surface area contributed by atoms with Crippen molar-refractivity contribution in [1.82, 2.24) is 9.88 Å². The Labute approximate surface area is 137 Å². The van der Waals surface area contributed by atoms with Crippen LogP contribution < -0.4 is 4.74 Å². The molecule has 0 unspecified atom stereocenters. The lowest BCUT2D eigenvalue weighted by atomic mass is 9.74. The number of hydrogen-bond acceptors (Lipinski definition) is 4. The molecule has 23 heavy (non-hydrogen) atoms. The quantitative estimate of drug-likeness (QED) is 0.870. The van der Waals surface area contributed by atoms with Gasteiger partial charge in [0.05, 0.1) is 24.3 Å². The summed E-state index contributed by atoms with van der Waals surface area (Å²) < 4.78 is 5.25. The van der Waals surface area contributed by atoms with E-state index in [1.54, 1.807) is 13.3 Å². The zero-order valence-corrected chi connectivity index (χ0v) is 13.4. The summed E-state index contributed by atoms with van der Waals surface area (Å²) in [6.45, 7) is 2.61. The lowest BCUT2D eigenvalue weighted by Gasteiger charge is -2.37. The molecule has 0 saturated carbocycles. The molecule has 3 rings (SSSR count). The van der Waals surface area contributed by atoms with Crippen LogP contribution in [0.15, 0.2) is 48.7 Å². The van der Waals surface area contributed by atoms with Crippen LogP contribution in [-0.2, 0) is 12.0 Å². The summed E-state index contributed by atoms with van der Waals surface area (Å²) in [6, 6.07) is 16.6. The average Bonchev–Trinajstić information content (AvgIpc) is 2.63. The van der Waals surface area contributed by atoms with Gasteiger partial charge in [0.2, 0.25) is 0 Å². The molecule has 0 aliphatic carbocycles. The molecule has 2 heterocycles. The van der Waals surface area contributed by atoms with Gasteiger partial charge < -0.3 is 4.74 Å². The number of methoxy groups -OCH3 is 1. The number of benzene rings is 1. The van der Waals surface area contributed by atoms with Crippen LogP contribution in [0, 0.1) is 11.3 Å². The minimum absolute atomic E-state index is 0.348. The number of nitriles is 1. The molecule has 0 N–H and O–H groups in total. The fraction of sp³-hybridized carbons (Fsp3) is 0.368. The second kappa shape index (κ2) is 6.80. The number of hydrogen-bond donors (Lipinski definition) is 0. The van der Waals surface area contributed by atoms with Crippen molar-refractivity contribution in [2.75, 3.05) is 20.2 Å². The van der Waals surface area contributed by atoms with Crippen LogP contribution in [0.5, 0.6) is 5.75 Å². The molecule has 0 radical (unpaired) electrons. The van der Waals surface area contributed by atoms with Gasteiger partial charge in [0.25, 0.3) is 0 Å². The summed E-state index contributed by atoms with van der Waals surface area (Å²) in [5, 5.41) is 9.74. The Morgan fingerprint density at radius 3 is 2.61 bits per heavy atom. The minimum Gasteiger partial charge on any atom is -0.497 e. The van der Waals surface area contributed by atoms with E-state index in [1.165, 1.54) is 0 Å². The zero-order valence-electron chi connectivity index (χ0n) is 13.4. The molecular formula is C19H21N3O. The Hall–Kier alpha value is -2.38. The number of rotatable bonds is 4. The van der Waals surface area contributed by atoms with Crippen LogP contribution in [0.2, 0.25) is 0 Å². The summed E-state index contributed by atoms with van der Waals surface area (Å²) in [4.78, 5) is 6.77. The van der Waals surface area contributed by atoms with E-state index >= 15 is 0 Å². The first-order valence-electron chi connectivity index (χ1n) is 7.94. The molecule has 0 bridgehead atoms. The Kier molecular flexibility index (Phi) is 4.59. The van der Waals surface area contributed by atoms with Crippen molar-refractivity contribution in [2.45, 2.75) is 24.8 Å². The van der Waals surface area contributed by atoms with Gasteiger partial charge in [-0.1, -0.05) is 30.3 Å². The molecule has 1 fully saturated rings. The molecule has 0 amide bonds. The highest BCUT2D eigenvalue weighted by Gasteiger charge is 2.36. The Bertz CT molecular complexity index is 685. The van der Waals surface area contributed by atoms with Crippen molar-refractivity contribution in [1.29, 1.82) is 5.26 Å². The maximum Gasteiger partial charge on any atom is 0.122 e. The molecule has 1 aliphatic heterocycles. The standard InChI is InChI=1S/C19H21N3O/c1-23-18-7-10-21-17(13-18)14-22-11-8-19(15-20,9-12-22)16-5-3-2-4-6-16/h2-7,10,13H,8-9,11-12,14H2,1H3. The van der Waals surface area contributed by atoms with Crippen LogP contribution in [0.3, 0.4) is 0 Å². The van der Waals surface area contributed by atoms with Crippen molar-refractivity contribution >= 4 is 0 Å². The molecule has 0 atom stereocenters. The first-order valence-corrected chi connectivity index (χ1v) is 7.94. The number of nitrogens with zero attached hydrogens (tertiary/aromatic N) is 3. The van der Waals surface area contributed by atoms with Crippen LogP contribution >= 0.6 is 0 Å². The molecule has 1 saturated heterocycles. The van der Waals surface area contributed by atoms with E-state index in [4.69, 9.17) is 4.74 Å². The van der Waals surface area contributed by atoms with Gasteiger partial charge in [0.15, 0.2) is 0 Å². The number of pyridine rings is 1. The minimum atomic E-state index is -0.348. The monoisotopic (exact) mass is 307 g/mol. The SMILES string of the molecule is COc1ccnc(CN2CCC(C#N)(c3ccccc3)CC2)c1. The molecule has 1 aliphatic rings. The van der Waals surface area contributed by atoms with Crippen molar-refractivity contribution < 1.29 is 4.74 Å². The predicted octanol–water partition coefficient (Wildman–Crippen LogP) is 3.15. The number of ether oxygens (including phenoxy) is 1. The van der Waals surface area contributed by atoms with Crippen LogP contribution in [0.4, 0.5) is 0 Å². The highest BCUT2D eigenvalue weighted by molar-refractivity contribution is 5.33. The number of piperidine rings is 1. The smallest absolute Gasteiger partial charge is 0.122 e. The number of likely N-dealkylation sites (tertiary alicyclic amines) is 1. The molecule has 118 valence electrons. The summed E-state index contributed by atoms with van der Waals surface area (Å²) >= 11 is 0. The topological polar surface area (TPSA) is 49.1 Å². The normalized spacial score (nSPS) is 17.4. The van der Waals surface area contributed by atoms with Crippen molar-refractivity contribution in [3.63, 3.8) is 0 Å². The van der Waals surface area contributed by atoms with E-state index in [0.29, 0.717) is 0 Å². The second-order valence-corrected chi connectivity index (χ2v) is 6.02. The summed E-state index contributed by atoms with van der Waals surface area (Å²) in [5.74, 6) is 0.836. The third-order valence-electron chi connectivity index (χ3n) is 4.66. The Morgan fingerprint density at radius 2 is 1.96 bits per heavy atom. The molecule has 1 aromatic carbocycles. The van der Waals surface area contributed by atoms with Gasteiger partial charge in [-0.3, -0.25) is 9.88 Å². The highest BCUT2D eigenvalue weighted by atomic mass is 16.5. The van der Waals surface area contributed by atoms with Crippen molar-refractivity contribution in [3.05, 3.63) is 59.9 Å². The molecule has 1 aromatic heterocycles. The van der Waals surface area contributed by atoms with Gasteiger partial charge in [-0.05, 0) is 24.5 Å². The van der Waals surface area contributed by atoms with Gasteiger partial charge >= 0.3 is 0 Å². The molecule has 4 nitrogen and oxygen atoms in total. The average molecular weight is 307 g/mol. The third-order valence-corrected chi connectivity index (χ3v) is 4.66. The van der Waals surface area contributed by atoms with Crippen LogP contribution in [0.25, 0.3) is 0 Å². The number of aromatic nitrogens is 1. The molecule has 2 aromatic rings. The van der Waals surface area contributed by atoms with Gasteiger partial charge in [0.1, 0.15) is 5.75 Å². The Morgan fingerprint density at radius 1 is 1.22 bits per heavy atom. The molecule has 4 heteroatoms. The van der Waals surface area contributed by atoms with Crippen LogP contribution in [-0.4, -0.2) is 30.1 Å². The lowest BCUT2D eigenvalue weighted by molar-refractivity contribution is 0.177. The van der Waals surface area contributed by atoms with E-state index in [-0.39, 0.29) is 5.41 Å². The van der Waals surface area contributed by atoms with E-state index < -0.39 is 0 Å². The first kappa shape index (κ1) is 15.5. The highest BCUT2D eigenvalue weighted by Crippen LogP contribution is 2.35. The summed E-state index contributed by atoms with van der Waals surface area (Å²) in [7, 11) is 1.67. The fourth-order valence-electron chi connectivity index (χ4n) is 3.21. The molecule has 0 spiro atoms. The van der Waals surface area contributed by atoms with Crippen molar-refractivity contribution in [2.24, 2.45) is 0 Å². The molecular weight excluding hydrogens is 286 g/mol. The van der Waals surface area contributed by atoms with Gasteiger partial charge in [-0.25, -0.2) is 0 Å². The first-order chi connectivity index (χ1) is 11.3.